The summed E-state index contributed by atoms with van der Waals surface area (Å²) in [4.78, 5) is 33.1. The van der Waals surface area contributed by atoms with E-state index in [9.17, 15) is 19.5 Å². The lowest BCUT2D eigenvalue weighted by atomic mass is 10.2. The Kier molecular flexibility index (Phi) is 8.23. The van der Waals surface area contributed by atoms with Crippen LogP contribution in [0.2, 0.25) is 5.02 Å². The summed E-state index contributed by atoms with van der Waals surface area (Å²) in [6, 6.07) is 4.41. The number of ether oxygens (including phenoxy) is 2. The molecule has 0 aliphatic carbocycles. The van der Waals surface area contributed by atoms with Crippen molar-refractivity contribution >= 4 is 35.6 Å². The van der Waals surface area contributed by atoms with Gasteiger partial charge in [0.15, 0.2) is 0 Å². The maximum atomic E-state index is 11.4. The SMILES string of the molecule is COCCNC(=O)C(=O)N/N=C\c1ccc(OCC(=O)[O-])c(Cl)c1. The second-order valence-electron chi connectivity index (χ2n) is 4.30. The van der Waals surface area contributed by atoms with E-state index in [0.717, 1.165) is 0 Å². The van der Waals surface area contributed by atoms with E-state index in [-0.39, 0.29) is 23.9 Å². The average molecular weight is 357 g/mol. The Morgan fingerprint density at radius 2 is 2.08 bits per heavy atom. The minimum atomic E-state index is -1.37. The molecule has 0 unspecified atom stereocenters. The molecule has 10 heteroatoms. The van der Waals surface area contributed by atoms with E-state index < -0.39 is 24.4 Å². The number of hydrogen-bond donors (Lipinski definition) is 2. The molecule has 0 saturated carbocycles. The molecule has 1 aromatic carbocycles. The summed E-state index contributed by atoms with van der Waals surface area (Å²) in [5, 5.41) is 16.4. The second kappa shape index (κ2) is 10.2. The number of carbonyl (C=O) groups is 3. The number of methoxy groups -OCH3 is 1. The Hall–Kier alpha value is -2.65. The summed E-state index contributed by atoms with van der Waals surface area (Å²) in [5.74, 6) is -2.97. The maximum Gasteiger partial charge on any atom is 0.329 e. The summed E-state index contributed by atoms with van der Waals surface area (Å²) in [6.07, 6.45) is 1.26. The Balaban J connectivity index is 2.52. The number of nitrogens with one attached hydrogen (secondary N) is 2. The van der Waals surface area contributed by atoms with Crippen molar-refractivity contribution in [1.29, 1.82) is 0 Å². The summed E-state index contributed by atoms with van der Waals surface area (Å²) >= 11 is 5.91. The standard InChI is InChI=1S/C14H16ClN3O6/c1-23-5-4-16-13(21)14(22)18-17-7-9-2-3-11(10(15)6-9)24-8-12(19)20/h2-3,6-7H,4-5,8H2,1H3,(H,16,21)(H,18,22)(H,19,20)/p-1/b17-7-. The number of carboxylic acid groups (broad SMARTS) is 1. The van der Waals surface area contributed by atoms with Gasteiger partial charge in [0, 0.05) is 13.7 Å². The minimum Gasteiger partial charge on any atom is -0.546 e. The first-order chi connectivity index (χ1) is 11.4. The predicted octanol–water partition coefficient (Wildman–Crippen LogP) is -1.32. The van der Waals surface area contributed by atoms with Crippen molar-refractivity contribution in [2.24, 2.45) is 5.10 Å². The monoisotopic (exact) mass is 356 g/mol. The van der Waals surface area contributed by atoms with Gasteiger partial charge in [-0.05, 0) is 23.8 Å². The number of nitrogens with zero attached hydrogens (tertiary/aromatic N) is 1. The lowest BCUT2D eigenvalue weighted by Crippen LogP contribution is -2.39. The molecule has 0 radical (unpaired) electrons. The summed E-state index contributed by atoms with van der Waals surface area (Å²) in [5.41, 5.74) is 2.55. The fraction of sp³-hybridized carbons (Fsp3) is 0.286. The molecule has 0 spiro atoms. The van der Waals surface area contributed by atoms with Crippen molar-refractivity contribution in [3.05, 3.63) is 28.8 Å². The number of amides is 2. The van der Waals surface area contributed by atoms with Crippen LogP contribution in [0.3, 0.4) is 0 Å². The van der Waals surface area contributed by atoms with Gasteiger partial charge >= 0.3 is 11.8 Å². The van der Waals surface area contributed by atoms with E-state index in [2.05, 4.69) is 10.4 Å². The molecule has 1 rings (SSSR count). The third-order valence-corrected chi connectivity index (χ3v) is 2.77. The number of carboxylic acids is 1. The van der Waals surface area contributed by atoms with Crippen LogP contribution in [0.4, 0.5) is 0 Å². The molecule has 1 aromatic rings. The van der Waals surface area contributed by atoms with Crippen LogP contribution in [0, 0.1) is 0 Å². The highest BCUT2D eigenvalue weighted by Crippen LogP contribution is 2.24. The van der Waals surface area contributed by atoms with Crippen LogP contribution in [-0.2, 0) is 19.1 Å². The topological polar surface area (TPSA) is 129 Å². The summed E-state index contributed by atoms with van der Waals surface area (Å²) in [6.45, 7) is -0.135. The molecule has 0 aliphatic heterocycles. The zero-order chi connectivity index (χ0) is 17.9. The number of halogens is 1. The van der Waals surface area contributed by atoms with E-state index in [0.29, 0.717) is 5.56 Å². The summed E-state index contributed by atoms with van der Waals surface area (Å²) in [7, 11) is 1.47. The van der Waals surface area contributed by atoms with Crippen LogP contribution in [0.5, 0.6) is 5.75 Å². The lowest BCUT2D eigenvalue weighted by Gasteiger charge is -2.08. The second-order valence-corrected chi connectivity index (χ2v) is 4.71. The Bertz CT molecular complexity index is 635. The van der Waals surface area contributed by atoms with Crippen LogP contribution in [0.25, 0.3) is 0 Å². The molecule has 130 valence electrons. The molecule has 24 heavy (non-hydrogen) atoms. The third-order valence-electron chi connectivity index (χ3n) is 2.48. The van der Waals surface area contributed by atoms with E-state index in [4.69, 9.17) is 21.1 Å². The molecule has 0 fully saturated rings. The Morgan fingerprint density at radius 3 is 2.71 bits per heavy atom. The van der Waals surface area contributed by atoms with Gasteiger partial charge in [-0.2, -0.15) is 5.10 Å². The molecular weight excluding hydrogens is 342 g/mol. The molecule has 2 N–H and O–H groups in total. The number of aliphatic carboxylic acids is 1. The van der Waals surface area contributed by atoms with Crippen molar-refractivity contribution < 1.29 is 29.0 Å². The number of benzene rings is 1. The lowest BCUT2D eigenvalue weighted by molar-refractivity contribution is -0.307. The van der Waals surface area contributed by atoms with Crippen LogP contribution >= 0.6 is 11.6 Å². The molecule has 0 bridgehead atoms. The quantitative estimate of drug-likeness (QED) is 0.257. The minimum absolute atomic E-state index is 0.156. The fourth-order valence-electron chi connectivity index (χ4n) is 1.41. The number of carbonyl (C=O) groups excluding carboxylic acids is 3. The van der Waals surface area contributed by atoms with Gasteiger partial charge in [0.2, 0.25) is 0 Å². The number of hydrazone groups is 1. The molecular formula is C14H15ClN3O6-. The Morgan fingerprint density at radius 1 is 1.33 bits per heavy atom. The zero-order valence-corrected chi connectivity index (χ0v) is 13.5. The van der Waals surface area contributed by atoms with Crippen LogP contribution in [-0.4, -0.2) is 50.9 Å². The van der Waals surface area contributed by atoms with E-state index in [1.807, 2.05) is 5.43 Å². The Labute approximate surface area is 142 Å². The van der Waals surface area contributed by atoms with E-state index >= 15 is 0 Å². The highest BCUT2D eigenvalue weighted by atomic mass is 35.5. The highest BCUT2D eigenvalue weighted by Gasteiger charge is 2.11. The van der Waals surface area contributed by atoms with Gasteiger partial charge in [0.1, 0.15) is 12.4 Å². The van der Waals surface area contributed by atoms with Crippen molar-refractivity contribution in [1.82, 2.24) is 10.7 Å². The van der Waals surface area contributed by atoms with Gasteiger partial charge in [-0.3, -0.25) is 9.59 Å². The molecule has 9 nitrogen and oxygen atoms in total. The van der Waals surface area contributed by atoms with Crippen molar-refractivity contribution in [2.75, 3.05) is 26.9 Å². The van der Waals surface area contributed by atoms with Gasteiger partial charge in [-0.15, -0.1) is 0 Å². The summed E-state index contributed by atoms with van der Waals surface area (Å²) < 4.78 is 9.63. The molecule has 0 atom stereocenters. The molecule has 0 saturated heterocycles. The third kappa shape index (κ3) is 7.07. The van der Waals surface area contributed by atoms with Crippen molar-refractivity contribution in [3.63, 3.8) is 0 Å². The molecule has 0 aliphatic rings. The van der Waals surface area contributed by atoms with E-state index in [1.165, 1.54) is 31.5 Å². The largest absolute Gasteiger partial charge is 0.546 e. The smallest absolute Gasteiger partial charge is 0.329 e. The van der Waals surface area contributed by atoms with Crippen LogP contribution < -0.4 is 20.6 Å². The predicted molar refractivity (Wildman–Crippen MR) is 82.6 cm³/mol. The van der Waals surface area contributed by atoms with Gasteiger partial charge in [0.25, 0.3) is 0 Å². The number of rotatable bonds is 8. The number of hydrogen-bond acceptors (Lipinski definition) is 7. The van der Waals surface area contributed by atoms with Gasteiger partial charge in [-0.25, -0.2) is 5.43 Å². The van der Waals surface area contributed by atoms with Crippen LogP contribution in [0.1, 0.15) is 5.56 Å². The fourth-order valence-corrected chi connectivity index (χ4v) is 1.66. The van der Waals surface area contributed by atoms with Gasteiger partial charge in [-0.1, -0.05) is 11.6 Å². The van der Waals surface area contributed by atoms with Crippen LogP contribution in [0.15, 0.2) is 23.3 Å². The first-order valence-electron chi connectivity index (χ1n) is 6.66. The van der Waals surface area contributed by atoms with Gasteiger partial charge in [0.05, 0.1) is 23.8 Å². The van der Waals surface area contributed by atoms with Crippen molar-refractivity contribution in [3.8, 4) is 5.75 Å². The molecule has 0 heterocycles. The maximum absolute atomic E-state index is 11.4. The average Bonchev–Trinajstić information content (AvgIpc) is 2.53. The normalized spacial score (nSPS) is 10.4. The molecule has 2 amide bonds. The van der Waals surface area contributed by atoms with Crippen molar-refractivity contribution in [2.45, 2.75) is 0 Å². The molecule has 0 aromatic heterocycles. The van der Waals surface area contributed by atoms with E-state index in [1.54, 1.807) is 0 Å². The first kappa shape index (κ1) is 19.4. The highest BCUT2D eigenvalue weighted by molar-refractivity contribution is 6.35. The first-order valence-corrected chi connectivity index (χ1v) is 7.04. The van der Waals surface area contributed by atoms with Gasteiger partial charge < -0.3 is 24.7 Å². The zero-order valence-electron chi connectivity index (χ0n) is 12.7.